The summed E-state index contributed by atoms with van der Waals surface area (Å²) in [5.74, 6) is -6.03. The maximum absolute atomic E-state index is 14.6. The fourth-order valence-electron chi connectivity index (χ4n) is 8.19. The molecule has 1 saturated carbocycles. The van der Waals surface area contributed by atoms with Crippen molar-refractivity contribution in [2.24, 2.45) is 33.8 Å². The molecular weight excluding hydrogens is 953 g/mol. The number of guanidine groups is 1. The third kappa shape index (κ3) is 19.6. The van der Waals surface area contributed by atoms with E-state index in [1.807, 2.05) is 6.92 Å². The lowest BCUT2D eigenvalue weighted by Crippen LogP contribution is -2.61. The van der Waals surface area contributed by atoms with E-state index in [0.717, 1.165) is 19.3 Å². The van der Waals surface area contributed by atoms with E-state index in [-0.39, 0.29) is 57.0 Å². The summed E-state index contributed by atoms with van der Waals surface area (Å²) in [7, 11) is 2.62. The van der Waals surface area contributed by atoms with Gasteiger partial charge < -0.3 is 64.9 Å². The molecule has 2 aliphatic rings. The van der Waals surface area contributed by atoms with Crippen LogP contribution in [0.3, 0.4) is 0 Å². The second-order valence-corrected chi connectivity index (χ2v) is 20.9. The molecule has 0 bridgehead atoms. The first-order valence-corrected chi connectivity index (χ1v) is 26.4. The molecular formula is C48H72N12O9S2. The molecule has 23 heteroatoms. The first kappa shape index (κ1) is 57.5. The van der Waals surface area contributed by atoms with Gasteiger partial charge in [-0.3, -0.25) is 43.3 Å². The van der Waals surface area contributed by atoms with Gasteiger partial charge >= 0.3 is 0 Å². The number of carbonyl (C=O) groups is 8. The Morgan fingerprint density at radius 2 is 1.42 bits per heavy atom. The average Bonchev–Trinajstić information content (AvgIpc) is 3.32. The maximum Gasteiger partial charge on any atom is 0.244 e. The molecule has 15 N–H and O–H groups in total. The van der Waals surface area contributed by atoms with Crippen molar-refractivity contribution in [2.75, 3.05) is 32.0 Å². The van der Waals surface area contributed by atoms with Crippen LogP contribution in [0.15, 0.2) is 59.6 Å². The highest BCUT2D eigenvalue weighted by Gasteiger charge is 2.39. The minimum Gasteiger partial charge on any atom is -0.494 e. The molecule has 71 heavy (non-hydrogen) atoms. The fraction of sp³-hybridized carbons (Fsp3) is 0.562. The predicted molar refractivity (Wildman–Crippen MR) is 274 cm³/mol. The highest BCUT2D eigenvalue weighted by molar-refractivity contribution is 8.77. The first-order valence-electron chi connectivity index (χ1n) is 24.1. The number of ether oxygens (including phenoxy) is 1. The molecule has 0 aromatic heterocycles. The molecule has 4 rings (SSSR count). The van der Waals surface area contributed by atoms with E-state index in [1.165, 1.54) is 21.6 Å². The van der Waals surface area contributed by atoms with Crippen molar-refractivity contribution >= 4 is 74.8 Å². The van der Waals surface area contributed by atoms with Crippen molar-refractivity contribution < 1.29 is 43.1 Å². The number of nitrogens with zero attached hydrogens (tertiary/aromatic N) is 1. The minimum absolute atomic E-state index is 0.00313. The summed E-state index contributed by atoms with van der Waals surface area (Å²) in [5.41, 5.74) is 23.6. The van der Waals surface area contributed by atoms with Gasteiger partial charge in [-0.05, 0) is 61.8 Å². The van der Waals surface area contributed by atoms with Crippen molar-refractivity contribution in [2.45, 2.75) is 132 Å². The van der Waals surface area contributed by atoms with Crippen LogP contribution in [0, 0.1) is 5.92 Å². The van der Waals surface area contributed by atoms with Gasteiger partial charge in [-0.2, -0.15) is 0 Å². The van der Waals surface area contributed by atoms with Crippen LogP contribution >= 0.6 is 21.6 Å². The number of nitrogens with one attached hydrogen (secondary N) is 7. The van der Waals surface area contributed by atoms with Crippen molar-refractivity contribution in [1.29, 1.82) is 0 Å². The van der Waals surface area contributed by atoms with Crippen molar-refractivity contribution in [3.63, 3.8) is 0 Å². The van der Waals surface area contributed by atoms with Gasteiger partial charge in [-0.25, -0.2) is 0 Å². The van der Waals surface area contributed by atoms with E-state index in [9.17, 15) is 38.4 Å². The smallest absolute Gasteiger partial charge is 0.244 e. The Morgan fingerprint density at radius 3 is 2.04 bits per heavy atom. The van der Waals surface area contributed by atoms with Crippen LogP contribution in [0.4, 0.5) is 0 Å². The fourth-order valence-corrected chi connectivity index (χ4v) is 11.6. The monoisotopic (exact) mass is 1020 g/mol. The lowest BCUT2D eigenvalue weighted by Gasteiger charge is -2.36. The van der Waals surface area contributed by atoms with E-state index >= 15 is 0 Å². The Balaban J connectivity index is 1.78. The normalized spacial score (nSPS) is 22.0. The largest absolute Gasteiger partial charge is 0.494 e. The van der Waals surface area contributed by atoms with Crippen molar-refractivity contribution in [1.82, 2.24) is 37.2 Å². The molecule has 1 aliphatic carbocycles. The molecule has 8 amide bonds. The van der Waals surface area contributed by atoms with E-state index in [2.05, 4.69) is 42.2 Å². The Bertz CT molecular complexity index is 2140. The van der Waals surface area contributed by atoms with Gasteiger partial charge in [0.05, 0.1) is 13.0 Å². The molecule has 1 aliphatic heterocycles. The van der Waals surface area contributed by atoms with Gasteiger partial charge in [0.15, 0.2) is 5.96 Å². The minimum atomic E-state index is -1.61. The van der Waals surface area contributed by atoms with Gasteiger partial charge in [0.2, 0.25) is 47.3 Å². The summed E-state index contributed by atoms with van der Waals surface area (Å²) in [5, 5.41) is 19.3. The zero-order valence-corrected chi connectivity index (χ0v) is 42.4. The molecule has 1 saturated heterocycles. The Morgan fingerprint density at radius 1 is 0.803 bits per heavy atom. The van der Waals surface area contributed by atoms with E-state index < -0.39 is 101 Å². The van der Waals surface area contributed by atoms with Crippen LogP contribution in [-0.4, -0.2) is 126 Å². The molecule has 0 radical (unpaired) electrons. The van der Waals surface area contributed by atoms with Gasteiger partial charge in [-0.1, -0.05) is 97.2 Å². The molecule has 1 heterocycles. The Labute approximate surface area is 423 Å². The average molecular weight is 1030 g/mol. The maximum atomic E-state index is 14.6. The second kappa shape index (κ2) is 29.3. The van der Waals surface area contributed by atoms with Crippen LogP contribution in [-0.2, 0) is 51.2 Å². The van der Waals surface area contributed by atoms with E-state index in [1.54, 1.807) is 68.4 Å². The number of benzene rings is 2. The summed E-state index contributed by atoms with van der Waals surface area (Å²) in [4.78, 5) is 116. The molecule has 2 aromatic rings. The lowest BCUT2D eigenvalue weighted by molar-refractivity contribution is -0.136. The topological polar surface area (TPSA) is 346 Å². The standard InChI is InChI=1S/C48H72N12O9S2/c1-4-69-32-17-15-31(16-18-32)25-34-42(64)57-35(24-30-12-7-5-8-13-30)44(66)60-40(29(2)3)46(68)58-36(26-38(50)61)43(65)59-37(28-70-71-48(27-39(62)55-34)19-9-6-10-20-48)45(67)56-33(41(63)53-23-21-49)14-11-22-54-47(51)52/h5,7-8,12-13,15-18,29,33-37,40H,4,6,9-11,14,19-28,49H2,1-3H3,(H2,50,61)(H,53,63)(H,55,62)(H,56,67)(H,57,64)(H,58,68)(H,59,65)(H,60,66)(H4,51,52,54)/t33-,34?,35?,36+,37?,40+/m1/s1. The summed E-state index contributed by atoms with van der Waals surface area (Å²) in [6, 6.07) is 8.29. The second-order valence-electron chi connectivity index (χ2n) is 18.1. The number of rotatable bonds is 18. The van der Waals surface area contributed by atoms with Crippen LogP contribution < -0.4 is 64.9 Å². The molecule has 21 nitrogen and oxygen atoms in total. The highest BCUT2D eigenvalue weighted by atomic mass is 33.1. The summed E-state index contributed by atoms with van der Waals surface area (Å²) >= 11 is 0. The zero-order chi connectivity index (χ0) is 51.9. The quantitative estimate of drug-likeness (QED) is 0.0403. The number of carbonyl (C=O) groups excluding carboxylic acids is 8. The number of amides is 8. The molecule has 2 aromatic carbocycles. The summed E-state index contributed by atoms with van der Waals surface area (Å²) in [6.07, 6.45) is 3.58. The predicted octanol–water partition coefficient (Wildman–Crippen LogP) is -0.0728. The van der Waals surface area contributed by atoms with Gasteiger partial charge in [-0.15, -0.1) is 0 Å². The molecule has 1 spiro atoms. The van der Waals surface area contributed by atoms with Gasteiger partial charge in [0, 0.05) is 49.4 Å². The number of aliphatic imine (C=N–C) groups is 1. The molecule has 6 atom stereocenters. The summed E-state index contributed by atoms with van der Waals surface area (Å²) in [6.45, 7) is 6.05. The Hall–Kier alpha value is -6.07. The molecule has 2 fully saturated rings. The SMILES string of the molecule is CCOc1ccc(CC2NC(=O)CC3(CCCCC3)SSCC(C(=O)N[C@H](CCCN=C(N)N)C(=O)NCCN)NC(=O)[C@H](CC(N)=O)NC(=O)[C@H](C(C)C)NC(=O)C(Cc3ccccc3)NC2=O)cc1. The molecule has 390 valence electrons. The van der Waals surface area contributed by atoms with Gasteiger partial charge in [0.25, 0.3) is 0 Å². The zero-order valence-electron chi connectivity index (χ0n) is 40.8. The Kier molecular flexibility index (Phi) is 23.7. The van der Waals surface area contributed by atoms with Crippen LogP contribution in [0.5, 0.6) is 5.75 Å². The third-order valence-electron chi connectivity index (χ3n) is 11.9. The lowest BCUT2D eigenvalue weighted by atomic mass is 9.85. The summed E-state index contributed by atoms with van der Waals surface area (Å²) < 4.78 is 4.96. The van der Waals surface area contributed by atoms with E-state index in [4.69, 9.17) is 27.7 Å². The van der Waals surface area contributed by atoms with Crippen LogP contribution in [0.2, 0.25) is 0 Å². The van der Waals surface area contributed by atoms with Crippen LogP contribution in [0.1, 0.15) is 89.7 Å². The number of primary amides is 1. The number of hydrogen-bond donors (Lipinski definition) is 11. The molecule has 3 unspecified atom stereocenters. The number of hydrogen-bond acceptors (Lipinski definition) is 13. The third-order valence-corrected chi connectivity index (χ3v) is 15.2. The first-order chi connectivity index (χ1) is 33.9. The van der Waals surface area contributed by atoms with Crippen LogP contribution in [0.25, 0.3) is 0 Å². The highest BCUT2D eigenvalue weighted by Crippen LogP contribution is 2.48. The number of nitrogens with two attached hydrogens (primary N) is 4. The van der Waals surface area contributed by atoms with E-state index in [0.29, 0.717) is 42.7 Å². The van der Waals surface area contributed by atoms with Crippen molar-refractivity contribution in [3.8, 4) is 5.75 Å². The van der Waals surface area contributed by atoms with Gasteiger partial charge in [0.1, 0.15) is 42.0 Å². The van der Waals surface area contributed by atoms with Crippen molar-refractivity contribution in [3.05, 3.63) is 65.7 Å².